The van der Waals surface area contributed by atoms with Gasteiger partial charge < -0.3 is 24.4 Å². The SMILES string of the molecule is CC(C)(C)OC(=O)NCC(=O)N(Cc1ccc2c(c1)OCCO2)C1CC1. The van der Waals surface area contributed by atoms with Crippen LogP contribution in [0.15, 0.2) is 18.2 Å². The molecule has 1 aromatic carbocycles. The van der Waals surface area contributed by atoms with Crippen LogP contribution in [-0.2, 0) is 16.1 Å². The van der Waals surface area contributed by atoms with E-state index in [-0.39, 0.29) is 18.5 Å². The van der Waals surface area contributed by atoms with E-state index >= 15 is 0 Å². The summed E-state index contributed by atoms with van der Waals surface area (Å²) in [6.07, 6.45) is 1.40. The maximum atomic E-state index is 12.6. The molecule has 1 aliphatic carbocycles. The van der Waals surface area contributed by atoms with Gasteiger partial charge in [0.15, 0.2) is 11.5 Å². The van der Waals surface area contributed by atoms with Gasteiger partial charge in [-0.25, -0.2) is 4.79 Å². The van der Waals surface area contributed by atoms with Gasteiger partial charge in [0.05, 0.1) is 0 Å². The number of fused-ring (bicyclic) bond motifs is 1. The Morgan fingerprint density at radius 1 is 1.19 bits per heavy atom. The lowest BCUT2D eigenvalue weighted by Gasteiger charge is -2.25. The molecule has 0 saturated heterocycles. The van der Waals surface area contributed by atoms with Crippen molar-refractivity contribution in [2.75, 3.05) is 19.8 Å². The quantitative estimate of drug-likeness (QED) is 0.871. The first-order valence-corrected chi connectivity index (χ1v) is 8.97. The van der Waals surface area contributed by atoms with Gasteiger partial charge in [0, 0.05) is 12.6 Å². The van der Waals surface area contributed by atoms with Gasteiger partial charge in [0.1, 0.15) is 25.4 Å². The third kappa shape index (κ3) is 5.03. The number of alkyl carbamates (subject to hydrolysis) is 1. The first-order chi connectivity index (χ1) is 12.3. The lowest BCUT2D eigenvalue weighted by atomic mass is 10.1. The van der Waals surface area contributed by atoms with E-state index in [2.05, 4.69) is 5.32 Å². The van der Waals surface area contributed by atoms with Gasteiger partial charge in [-0.1, -0.05) is 6.07 Å². The average Bonchev–Trinajstić information content (AvgIpc) is 3.41. The summed E-state index contributed by atoms with van der Waals surface area (Å²) >= 11 is 0. The molecule has 26 heavy (non-hydrogen) atoms. The minimum atomic E-state index is -0.589. The molecule has 142 valence electrons. The second-order valence-corrected chi connectivity index (χ2v) is 7.59. The Bertz CT molecular complexity index is 679. The summed E-state index contributed by atoms with van der Waals surface area (Å²) in [5, 5.41) is 2.54. The van der Waals surface area contributed by atoms with Crippen molar-refractivity contribution < 1.29 is 23.8 Å². The van der Waals surface area contributed by atoms with Gasteiger partial charge in [-0.05, 0) is 51.3 Å². The molecule has 0 unspecified atom stereocenters. The van der Waals surface area contributed by atoms with E-state index in [1.54, 1.807) is 20.8 Å². The molecule has 1 aliphatic heterocycles. The predicted octanol–water partition coefficient (Wildman–Crippen LogP) is 2.47. The Labute approximate surface area is 153 Å². The lowest BCUT2D eigenvalue weighted by Crippen LogP contribution is -2.42. The maximum absolute atomic E-state index is 12.6. The van der Waals surface area contributed by atoms with Crippen LogP contribution in [0.5, 0.6) is 11.5 Å². The van der Waals surface area contributed by atoms with Crippen molar-refractivity contribution >= 4 is 12.0 Å². The third-order valence-electron chi connectivity index (χ3n) is 4.05. The third-order valence-corrected chi connectivity index (χ3v) is 4.05. The van der Waals surface area contributed by atoms with Gasteiger partial charge in [0.25, 0.3) is 0 Å². The molecule has 1 heterocycles. The van der Waals surface area contributed by atoms with Crippen molar-refractivity contribution in [3.63, 3.8) is 0 Å². The van der Waals surface area contributed by atoms with Crippen LogP contribution in [0.25, 0.3) is 0 Å². The number of amides is 2. The van der Waals surface area contributed by atoms with Crippen LogP contribution < -0.4 is 14.8 Å². The molecule has 1 fully saturated rings. The summed E-state index contributed by atoms with van der Waals surface area (Å²) in [6.45, 7) is 6.84. The number of hydrogen-bond donors (Lipinski definition) is 1. The smallest absolute Gasteiger partial charge is 0.408 e. The van der Waals surface area contributed by atoms with Crippen molar-refractivity contribution in [3.8, 4) is 11.5 Å². The Morgan fingerprint density at radius 2 is 1.88 bits per heavy atom. The zero-order valence-corrected chi connectivity index (χ0v) is 15.5. The predicted molar refractivity (Wildman–Crippen MR) is 95.2 cm³/mol. The number of nitrogens with one attached hydrogen (secondary N) is 1. The summed E-state index contributed by atoms with van der Waals surface area (Å²) in [6, 6.07) is 5.96. The normalized spacial score (nSPS) is 16.0. The van der Waals surface area contributed by atoms with Gasteiger partial charge in [-0.15, -0.1) is 0 Å². The van der Waals surface area contributed by atoms with Gasteiger partial charge in [-0.3, -0.25) is 4.79 Å². The van der Waals surface area contributed by atoms with Crippen LogP contribution >= 0.6 is 0 Å². The van der Waals surface area contributed by atoms with Gasteiger partial charge in [-0.2, -0.15) is 0 Å². The van der Waals surface area contributed by atoms with E-state index in [9.17, 15) is 9.59 Å². The zero-order valence-electron chi connectivity index (χ0n) is 15.5. The van der Waals surface area contributed by atoms with E-state index in [1.165, 1.54) is 0 Å². The van der Waals surface area contributed by atoms with Gasteiger partial charge >= 0.3 is 6.09 Å². The highest BCUT2D eigenvalue weighted by Crippen LogP contribution is 2.33. The number of nitrogens with zero attached hydrogens (tertiary/aromatic N) is 1. The number of benzene rings is 1. The van der Waals surface area contributed by atoms with Crippen LogP contribution in [0.3, 0.4) is 0 Å². The van der Waals surface area contributed by atoms with Crippen LogP contribution in [-0.4, -0.2) is 48.3 Å². The highest BCUT2D eigenvalue weighted by Gasteiger charge is 2.33. The molecule has 1 N–H and O–H groups in total. The first-order valence-electron chi connectivity index (χ1n) is 8.97. The number of hydrogen-bond acceptors (Lipinski definition) is 5. The molecule has 7 nitrogen and oxygen atoms in total. The molecule has 2 aliphatic rings. The number of carbonyl (C=O) groups is 2. The second-order valence-electron chi connectivity index (χ2n) is 7.59. The molecular weight excluding hydrogens is 336 g/mol. The summed E-state index contributed by atoms with van der Waals surface area (Å²) in [7, 11) is 0. The van der Waals surface area contributed by atoms with E-state index in [0.29, 0.717) is 25.5 Å². The molecule has 7 heteroatoms. The highest BCUT2D eigenvalue weighted by atomic mass is 16.6. The molecular formula is C19H26N2O5. The summed E-state index contributed by atoms with van der Waals surface area (Å²) in [5.74, 6) is 1.33. The summed E-state index contributed by atoms with van der Waals surface area (Å²) < 4.78 is 16.3. The Kier molecular flexibility index (Phi) is 5.25. The van der Waals surface area contributed by atoms with E-state index in [0.717, 1.165) is 24.2 Å². The van der Waals surface area contributed by atoms with Crippen molar-refractivity contribution in [2.45, 2.75) is 51.8 Å². The van der Waals surface area contributed by atoms with Crippen molar-refractivity contribution in [1.29, 1.82) is 0 Å². The zero-order chi connectivity index (χ0) is 18.7. The Balaban J connectivity index is 1.59. The maximum Gasteiger partial charge on any atom is 0.408 e. The number of ether oxygens (including phenoxy) is 3. The first kappa shape index (κ1) is 18.4. The minimum Gasteiger partial charge on any atom is -0.486 e. The summed E-state index contributed by atoms with van der Waals surface area (Å²) in [5.41, 5.74) is 0.390. The van der Waals surface area contributed by atoms with Crippen LogP contribution in [0.4, 0.5) is 4.79 Å². The molecule has 1 aromatic rings. The molecule has 0 atom stereocenters. The van der Waals surface area contributed by atoms with Gasteiger partial charge in [0.2, 0.25) is 5.91 Å². The summed E-state index contributed by atoms with van der Waals surface area (Å²) in [4.78, 5) is 26.2. The molecule has 2 amide bonds. The standard InChI is InChI=1S/C19H26N2O5/c1-19(2,3)26-18(23)20-11-17(22)21(14-5-6-14)12-13-4-7-15-16(10-13)25-9-8-24-15/h4,7,10,14H,5-6,8-9,11-12H2,1-3H3,(H,20,23). The van der Waals surface area contributed by atoms with E-state index < -0.39 is 11.7 Å². The fourth-order valence-electron chi connectivity index (χ4n) is 2.75. The molecule has 0 radical (unpaired) electrons. The van der Waals surface area contributed by atoms with Crippen LogP contribution in [0.2, 0.25) is 0 Å². The fraction of sp³-hybridized carbons (Fsp3) is 0.579. The topological polar surface area (TPSA) is 77.1 Å². The fourth-order valence-corrected chi connectivity index (χ4v) is 2.75. The Morgan fingerprint density at radius 3 is 2.54 bits per heavy atom. The Hall–Kier alpha value is -2.44. The van der Waals surface area contributed by atoms with Crippen molar-refractivity contribution in [2.24, 2.45) is 0 Å². The van der Waals surface area contributed by atoms with E-state index in [4.69, 9.17) is 14.2 Å². The van der Waals surface area contributed by atoms with E-state index in [1.807, 2.05) is 23.1 Å². The van der Waals surface area contributed by atoms with Crippen molar-refractivity contribution in [1.82, 2.24) is 10.2 Å². The number of carbonyl (C=O) groups excluding carboxylic acids is 2. The molecule has 1 saturated carbocycles. The molecule has 0 bridgehead atoms. The second kappa shape index (κ2) is 7.43. The molecule has 0 spiro atoms. The number of rotatable bonds is 5. The molecule has 3 rings (SSSR count). The molecule has 0 aromatic heterocycles. The average molecular weight is 362 g/mol. The van der Waals surface area contributed by atoms with Crippen LogP contribution in [0, 0.1) is 0 Å². The largest absolute Gasteiger partial charge is 0.486 e. The van der Waals surface area contributed by atoms with Crippen molar-refractivity contribution in [3.05, 3.63) is 23.8 Å². The minimum absolute atomic E-state index is 0.0734. The van der Waals surface area contributed by atoms with Crippen LogP contribution in [0.1, 0.15) is 39.2 Å². The highest BCUT2D eigenvalue weighted by molar-refractivity contribution is 5.82. The lowest BCUT2D eigenvalue weighted by molar-refractivity contribution is -0.131. The monoisotopic (exact) mass is 362 g/mol.